The second-order valence-corrected chi connectivity index (χ2v) is 4.18. The number of piperidine rings is 1. The minimum absolute atomic E-state index is 0.0132. The summed E-state index contributed by atoms with van der Waals surface area (Å²) in [6.07, 6.45) is 3.47. The molecule has 1 fully saturated rings. The van der Waals surface area contributed by atoms with Gasteiger partial charge in [-0.1, -0.05) is 0 Å². The van der Waals surface area contributed by atoms with E-state index in [2.05, 4.69) is 15.6 Å². The van der Waals surface area contributed by atoms with Crippen LogP contribution in [0, 0.1) is 0 Å². The Morgan fingerprint density at radius 2 is 2.33 bits per heavy atom. The molecule has 0 atom stereocenters. The Morgan fingerprint density at radius 1 is 1.56 bits per heavy atom. The first-order valence-corrected chi connectivity index (χ1v) is 6.02. The quantitative estimate of drug-likeness (QED) is 0.725. The maximum absolute atomic E-state index is 11.6. The molecule has 98 valence electrons. The van der Waals surface area contributed by atoms with E-state index in [0.717, 1.165) is 25.9 Å². The molecule has 1 aliphatic rings. The zero-order valence-electron chi connectivity index (χ0n) is 10.1. The molecule has 1 amide bonds. The van der Waals surface area contributed by atoms with Crippen LogP contribution in [0.25, 0.3) is 0 Å². The smallest absolute Gasteiger partial charge is 0.251 e. The second kappa shape index (κ2) is 6.32. The number of pyridine rings is 1. The summed E-state index contributed by atoms with van der Waals surface area (Å²) >= 11 is 0. The molecule has 0 saturated carbocycles. The van der Waals surface area contributed by atoms with E-state index in [4.69, 9.17) is 4.74 Å². The van der Waals surface area contributed by atoms with Crippen molar-refractivity contribution in [2.45, 2.75) is 18.9 Å². The maximum Gasteiger partial charge on any atom is 0.251 e. The maximum atomic E-state index is 11.6. The van der Waals surface area contributed by atoms with E-state index in [-0.39, 0.29) is 30.2 Å². The highest BCUT2D eigenvalue weighted by molar-refractivity contribution is 5.91. The number of ether oxygens (including phenoxy) is 1. The van der Waals surface area contributed by atoms with Gasteiger partial charge in [0, 0.05) is 6.20 Å². The van der Waals surface area contributed by atoms with Gasteiger partial charge in [-0.2, -0.15) is 0 Å². The van der Waals surface area contributed by atoms with Crippen LogP contribution in [0.2, 0.25) is 0 Å². The van der Waals surface area contributed by atoms with Crippen LogP contribution < -0.4 is 10.6 Å². The fourth-order valence-corrected chi connectivity index (χ4v) is 1.82. The summed E-state index contributed by atoms with van der Waals surface area (Å²) < 4.78 is 5.50. The molecule has 1 saturated heterocycles. The first-order chi connectivity index (χ1) is 8.75. The Hall–Kier alpha value is -1.66. The van der Waals surface area contributed by atoms with Crippen molar-refractivity contribution in [3.63, 3.8) is 0 Å². The summed E-state index contributed by atoms with van der Waals surface area (Å²) in [7, 11) is 0. The summed E-state index contributed by atoms with van der Waals surface area (Å²) in [5.41, 5.74) is 0. The standard InChI is InChI=1S/C12H17N3O3/c16-10-2-1-5-14-12(10)15-11(17)8-18-9-3-6-13-7-4-9/h1-2,5,9,13,16H,3-4,6-8H2,(H,14,15,17). The second-order valence-electron chi connectivity index (χ2n) is 4.18. The Morgan fingerprint density at radius 3 is 3.06 bits per heavy atom. The largest absolute Gasteiger partial charge is 0.504 e. The number of amides is 1. The highest BCUT2D eigenvalue weighted by Crippen LogP contribution is 2.18. The van der Waals surface area contributed by atoms with E-state index in [0.29, 0.717) is 0 Å². The van der Waals surface area contributed by atoms with E-state index < -0.39 is 0 Å². The van der Waals surface area contributed by atoms with E-state index in [1.165, 1.54) is 12.3 Å². The summed E-state index contributed by atoms with van der Waals surface area (Å²) in [5.74, 6) is -0.188. The molecule has 1 aromatic heterocycles. The molecule has 2 rings (SSSR count). The lowest BCUT2D eigenvalue weighted by Crippen LogP contribution is -2.34. The van der Waals surface area contributed by atoms with Crippen molar-refractivity contribution in [2.24, 2.45) is 0 Å². The van der Waals surface area contributed by atoms with Gasteiger partial charge >= 0.3 is 0 Å². The molecular weight excluding hydrogens is 234 g/mol. The summed E-state index contributed by atoms with van der Waals surface area (Å²) in [6, 6.07) is 3.06. The predicted molar refractivity (Wildman–Crippen MR) is 66.4 cm³/mol. The number of anilines is 1. The van der Waals surface area contributed by atoms with Gasteiger partial charge in [-0.15, -0.1) is 0 Å². The highest BCUT2D eigenvalue weighted by Gasteiger charge is 2.15. The number of aromatic nitrogens is 1. The predicted octanol–water partition coefficient (Wildman–Crippen LogP) is 0.494. The third-order valence-electron chi connectivity index (χ3n) is 2.78. The SMILES string of the molecule is O=C(COC1CCNCC1)Nc1ncccc1O. The van der Waals surface area contributed by atoms with Crippen molar-refractivity contribution in [2.75, 3.05) is 25.0 Å². The molecule has 0 aliphatic carbocycles. The Kier molecular flexibility index (Phi) is 4.49. The van der Waals surface area contributed by atoms with Crippen molar-refractivity contribution < 1.29 is 14.6 Å². The number of nitrogens with one attached hydrogen (secondary N) is 2. The molecule has 6 nitrogen and oxygen atoms in total. The van der Waals surface area contributed by atoms with Gasteiger partial charge in [0.25, 0.3) is 5.91 Å². The van der Waals surface area contributed by atoms with Crippen LogP contribution in [-0.2, 0) is 9.53 Å². The van der Waals surface area contributed by atoms with Crippen molar-refractivity contribution in [1.29, 1.82) is 0 Å². The van der Waals surface area contributed by atoms with Crippen molar-refractivity contribution in [3.8, 4) is 5.75 Å². The van der Waals surface area contributed by atoms with Gasteiger partial charge < -0.3 is 20.5 Å². The van der Waals surface area contributed by atoms with Crippen molar-refractivity contribution >= 4 is 11.7 Å². The number of aromatic hydroxyl groups is 1. The topological polar surface area (TPSA) is 83.5 Å². The first-order valence-electron chi connectivity index (χ1n) is 6.02. The monoisotopic (exact) mass is 251 g/mol. The summed E-state index contributed by atoms with van der Waals surface area (Å²) in [4.78, 5) is 15.5. The van der Waals surface area contributed by atoms with Crippen LogP contribution in [0.15, 0.2) is 18.3 Å². The Labute approximate surface area is 105 Å². The molecule has 1 aliphatic heterocycles. The van der Waals surface area contributed by atoms with Gasteiger partial charge in [0.1, 0.15) is 6.61 Å². The average Bonchev–Trinajstić information content (AvgIpc) is 2.40. The molecule has 2 heterocycles. The molecule has 1 aromatic rings. The van der Waals surface area contributed by atoms with Crippen LogP contribution in [0.1, 0.15) is 12.8 Å². The third kappa shape index (κ3) is 3.68. The number of hydrogen-bond donors (Lipinski definition) is 3. The molecule has 6 heteroatoms. The molecule has 0 radical (unpaired) electrons. The summed E-state index contributed by atoms with van der Waals surface area (Å²) in [5, 5.41) is 15.2. The fourth-order valence-electron chi connectivity index (χ4n) is 1.82. The highest BCUT2D eigenvalue weighted by atomic mass is 16.5. The van der Waals surface area contributed by atoms with Gasteiger partial charge in [0.15, 0.2) is 11.6 Å². The Bertz CT molecular complexity index is 405. The lowest BCUT2D eigenvalue weighted by atomic mass is 10.1. The minimum Gasteiger partial charge on any atom is -0.504 e. The first kappa shape index (κ1) is 12.8. The van der Waals surface area contributed by atoms with Gasteiger partial charge in [-0.25, -0.2) is 4.98 Å². The molecule has 0 bridgehead atoms. The normalized spacial score (nSPS) is 16.4. The fraction of sp³-hybridized carbons (Fsp3) is 0.500. The number of nitrogens with zero attached hydrogens (tertiary/aromatic N) is 1. The van der Waals surface area contributed by atoms with E-state index in [1.807, 2.05) is 0 Å². The zero-order chi connectivity index (χ0) is 12.8. The van der Waals surface area contributed by atoms with Crippen molar-refractivity contribution in [1.82, 2.24) is 10.3 Å². The van der Waals surface area contributed by atoms with Gasteiger partial charge in [-0.05, 0) is 38.1 Å². The van der Waals surface area contributed by atoms with Crippen LogP contribution in [0.3, 0.4) is 0 Å². The number of carbonyl (C=O) groups is 1. The van der Waals surface area contributed by atoms with Crippen LogP contribution in [0.5, 0.6) is 5.75 Å². The lowest BCUT2D eigenvalue weighted by Gasteiger charge is -2.22. The van der Waals surface area contributed by atoms with Crippen LogP contribution in [-0.4, -0.2) is 41.8 Å². The van der Waals surface area contributed by atoms with Gasteiger partial charge in [0.2, 0.25) is 0 Å². The van der Waals surface area contributed by atoms with Crippen molar-refractivity contribution in [3.05, 3.63) is 18.3 Å². The zero-order valence-corrected chi connectivity index (χ0v) is 10.1. The molecular formula is C12H17N3O3. The minimum atomic E-state index is -0.303. The van der Waals surface area contributed by atoms with Gasteiger partial charge in [-0.3, -0.25) is 4.79 Å². The molecule has 0 spiro atoms. The van der Waals surface area contributed by atoms with E-state index in [1.54, 1.807) is 6.07 Å². The lowest BCUT2D eigenvalue weighted by molar-refractivity contribution is -0.123. The number of carbonyl (C=O) groups excluding carboxylic acids is 1. The number of hydrogen-bond acceptors (Lipinski definition) is 5. The molecule has 0 aromatic carbocycles. The van der Waals surface area contributed by atoms with Crippen LogP contribution in [0.4, 0.5) is 5.82 Å². The van der Waals surface area contributed by atoms with E-state index in [9.17, 15) is 9.90 Å². The Balaban J connectivity index is 1.76. The average molecular weight is 251 g/mol. The third-order valence-corrected chi connectivity index (χ3v) is 2.78. The van der Waals surface area contributed by atoms with Crippen LogP contribution >= 0.6 is 0 Å². The summed E-state index contributed by atoms with van der Waals surface area (Å²) in [6.45, 7) is 1.83. The molecule has 18 heavy (non-hydrogen) atoms. The van der Waals surface area contributed by atoms with E-state index >= 15 is 0 Å². The molecule has 0 unspecified atom stereocenters. The molecule has 3 N–H and O–H groups in total. The number of rotatable bonds is 4. The van der Waals surface area contributed by atoms with Gasteiger partial charge in [0.05, 0.1) is 6.10 Å².